The van der Waals surface area contributed by atoms with Crippen molar-refractivity contribution in [1.29, 1.82) is 0 Å². The van der Waals surface area contributed by atoms with Crippen LogP contribution in [0, 0.1) is 0 Å². The SMILES string of the molecule is CCOC(C)Oc1ccc(PC(=O)c2c(OC)cc(OC)cc2OC)cc1.[LiH]. The molecule has 0 fully saturated rings. The van der Waals surface area contributed by atoms with E-state index < -0.39 is 0 Å². The summed E-state index contributed by atoms with van der Waals surface area (Å²) in [5.41, 5.74) is 0.326. The van der Waals surface area contributed by atoms with Crippen molar-refractivity contribution in [3.05, 3.63) is 42.0 Å². The van der Waals surface area contributed by atoms with Gasteiger partial charge in [-0.2, -0.15) is 0 Å². The maximum atomic E-state index is 12.9. The standard InChI is InChI=1S/C20H25O6P.Li.H/c1-6-25-13(2)26-14-7-9-16(10-8-14)27-20(21)19-17(23-4)11-15(22-3)12-18(19)24-5;;/h7-13,27H,6H2,1-5H3;;. The van der Waals surface area contributed by atoms with Crippen LogP contribution < -0.4 is 24.3 Å². The van der Waals surface area contributed by atoms with Crippen molar-refractivity contribution in [2.75, 3.05) is 27.9 Å². The van der Waals surface area contributed by atoms with E-state index in [4.69, 9.17) is 23.7 Å². The summed E-state index contributed by atoms with van der Waals surface area (Å²) >= 11 is 0. The van der Waals surface area contributed by atoms with Gasteiger partial charge in [-0.1, -0.05) is 12.1 Å². The quantitative estimate of drug-likeness (QED) is 0.347. The summed E-state index contributed by atoms with van der Waals surface area (Å²) < 4.78 is 26.9. The van der Waals surface area contributed by atoms with Crippen LogP contribution >= 0.6 is 8.58 Å². The first-order valence-corrected chi connectivity index (χ1v) is 9.52. The summed E-state index contributed by atoms with van der Waals surface area (Å²) in [6.45, 7) is 4.34. The molecule has 2 rings (SSSR count). The second kappa shape index (κ2) is 12.0. The van der Waals surface area contributed by atoms with E-state index in [1.165, 1.54) is 14.2 Å². The summed E-state index contributed by atoms with van der Waals surface area (Å²) in [5.74, 6) is 2.11. The average molecular weight is 400 g/mol. The van der Waals surface area contributed by atoms with Crippen LogP contribution in [-0.4, -0.2) is 58.6 Å². The number of carbonyl (C=O) groups excluding carboxylic acids is 1. The van der Waals surface area contributed by atoms with Gasteiger partial charge >= 0.3 is 18.9 Å². The van der Waals surface area contributed by atoms with Crippen molar-refractivity contribution in [3.8, 4) is 23.0 Å². The molecule has 28 heavy (non-hydrogen) atoms. The third-order valence-electron chi connectivity index (χ3n) is 3.76. The number of carbonyl (C=O) groups is 1. The van der Waals surface area contributed by atoms with Crippen LogP contribution in [0.3, 0.4) is 0 Å². The molecule has 0 N–H and O–H groups in total. The molecule has 0 amide bonds. The van der Waals surface area contributed by atoms with Crippen molar-refractivity contribution < 1.29 is 28.5 Å². The summed E-state index contributed by atoms with van der Waals surface area (Å²) in [6, 6.07) is 10.7. The van der Waals surface area contributed by atoms with Crippen molar-refractivity contribution in [2.24, 2.45) is 0 Å². The van der Waals surface area contributed by atoms with Crippen LogP contribution in [0.25, 0.3) is 0 Å². The van der Waals surface area contributed by atoms with Gasteiger partial charge in [0.05, 0.1) is 21.3 Å². The molecular formula is C20H26LiO6P. The predicted octanol–water partition coefficient (Wildman–Crippen LogP) is 2.97. The fourth-order valence-corrected chi connectivity index (χ4v) is 3.47. The van der Waals surface area contributed by atoms with Gasteiger partial charge < -0.3 is 23.7 Å². The van der Waals surface area contributed by atoms with Crippen LogP contribution in [0.1, 0.15) is 24.2 Å². The maximum absolute atomic E-state index is 12.9. The molecular weight excluding hydrogens is 374 g/mol. The zero-order valence-electron chi connectivity index (χ0n) is 16.2. The number of hydrogen-bond donors (Lipinski definition) is 0. The minimum atomic E-state index is -0.322. The number of methoxy groups -OCH3 is 3. The second-order valence-electron chi connectivity index (χ2n) is 5.53. The molecule has 0 spiro atoms. The van der Waals surface area contributed by atoms with Crippen LogP contribution in [0.2, 0.25) is 0 Å². The van der Waals surface area contributed by atoms with E-state index in [0.717, 1.165) is 5.30 Å². The van der Waals surface area contributed by atoms with Gasteiger partial charge in [-0.05, 0) is 39.9 Å². The van der Waals surface area contributed by atoms with Gasteiger partial charge in [0.25, 0.3) is 0 Å². The Morgan fingerprint density at radius 3 is 2.00 bits per heavy atom. The minimum absolute atomic E-state index is 0. The normalized spacial score (nSPS) is 11.6. The molecule has 2 aromatic rings. The Morgan fingerprint density at radius 1 is 0.964 bits per heavy atom. The van der Waals surface area contributed by atoms with Crippen LogP contribution in [0.4, 0.5) is 0 Å². The average Bonchev–Trinajstić information content (AvgIpc) is 2.68. The third-order valence-corrected chi connectivity index (χ3v) is 4.86. The van der Waals surface area contributed by atoms with Crippen LogP contribution in [0.15, 0.2) is 36.4 Å². The monoisotopic (exact) mass is 400 g/mol. The van der Waals surface area contributed by atoms with Crippen LogP contribution in [-0.2, 0) is 4.74 Å². The fraction of sp³-hybridized carbons (Fsp3) is 0.350. The van der Waals surface area contributed by atoms with Gasteiger partial charge in [-0.3, -0.25) is 4.79 Å². The summed E-state index contributed by atoms with van der Waals surface area (Å²) in [7, 11) is 4.49. The summed E-state index contributed by atoms with van der Waals surface area (Å²) in [5, 5.41) is 0.885. The number of ether oxygens (including phenoxy) is 5. The van der Waals surface area contributed by atoms with E-state index in [-0.39, 0.29) is 39.3 Å². The molecule has 2 unspecified atom stereocenters. The van der Waals surface area contributed by atoms with E-state index in [0.29, 0.717) is 35.2 Å². The molecule has 2 atom stereocenters. The Balaban J connectivity index is 0.00000392. The first-order valence-electron chi connectivity index (χ1n) is 8.52. The Hall–Kier alpha value is -1.70. The first kappa shape index (κ1) is 24.3. The van der Waals surface area contributed by atoms with Crippen molar-refractivity contribution in [1.82, 2.24) is 0 Å². The topological polar surface area (TPSA) is 63.2 Å². The van der Waals surface area contributed by atoms with Gasteiger partial charge in [0.15, 0.2) is 11.8 Å². The van der Waals surface area contributed by atoms with E-state index in [9.17, 15) is 4.79 Å². The number of hydrogen-bond acceptors (Lipinski definition) is 6. The molecule has 2 aromatic carbocycles. The number of rotatable bonds is 10. The Kier molecular flexibility index (Phi) is 10.4. The molecule has 0 saturated carbocycles. The fourth-order valence-electron chi connectivity index (χ4n) is 2.50. The van der Waals surface area contributed by atoms with E-state index in [1.807, 2.05) is 38.1 Å². The predicted molar refractivity (Wildman–Crippen MR) is 114 cm³/mol. The van der Waals surface area contributed by atoms with Crippen molar-refractivity contribution in [2.45, 2.75) is 20.1 Å². The zero-order chi connectivity index (χ0) is 19.8. The van der Waals surface area contributed by atoms with Crippen molar-refractivity contribution >= 4 is 38.3 Å². The first-order chi connectivity index (χ1) is 13.0. The van der Waals surface area contributed by atoms with E-state index >= 15 is 0 Å². The summed E-state index contributed by atoms with van der Waals surface area (Å²) in [4.78, 5) is 12.9. The van der Waals surface area contributed by atoms with E-state index in [2.05, 4.69) is 0 Å². The molecule has 0 radical (unpaired) electrons. The summed E-state index contributed by atoms with van der Waals surface area (Å²) in [6.07, 6.45) is -0.322. The van der Waals surface area contributed by atoms with Crippen LogP contribution in [0.5, 0.6) is 23.0 Å². The van der Waals surface area contributed by atoms with E-state index in [1.54, 1.807) is 19.2 Å². The zero-order valence-corrected chi connectivity index (χ0v) is 17.2. The van der Waals surface area contributed by atoms with Crippen molar-refractivity contribution in [3.63, 3.8) is 0 Å². The molecule has 0 aliphatic carbocycles. The Morgan fingerprint density at radius 2 is 1.54 bits per heavy atom. The Labute approximate surface area is 179 Å². The Bertz CT molecular complexity index is 741. The molecule has 6 nitrogen and oxygen atoms in total. The molecule has 0 aliphatic heterocycles. The van der Waals surface area contributed by atoms with Gasteiger partial charge in [0, 0.05) is 18.7 Å². The third kappa shape index (κ3) is 6.43. The molecule has 8 heteroatoms. The van der Waals surface area contributed by atoms with Gasteiger partial charge in [-0.15, -0.1) is 0 Å². The van der Waals surface area contributed by atoms with Gasteiger partial charge in [0.2, 0.25) is 0 Å². The second-order valence-corrected chi connectivity index (χ2v) is 6.81. The molecule has 148 valence electrons. The molecule has 0 aromatic heterocycles. The van der Waals surface area contributed by atoms with Gasteiger partial charge in [-0.25, -0.2) is 0 Å². The van der Waals surface area contributed by atoms with Gasteiger partial charge in [0.1, 0.15) is 28.6 Å². The molecule has 0 heterocycles. The number of benzene rings is 2. The molecule has 0 bridgehead atoms. The molecule has 0 aliphatic rings. The molecule has 0 saturated heterocycles.